The summed E-state index contributed by atoms with van der Waals surface area (Å²) in [4.78, 5) is 12.9. The van der Waals surface area contributed by atoms with Crippen LogP contribution in [0.3, 0.4) is 0 Å². The molecule has 2 rings (SSSR count). The molecule has 0 spiro atoms. The first-order valence-corrected chi connectivity index (χ1v) is 5.97. The fourth-order valence-electron chi connectivity index (χ4n) is 2.25. The van der Waals surface area contributed by atoms with E-state index in [-0.39, 0.29) is 11.9 Å². The third kappa shape index (κ3) is 3.05. The lowest BCUT2D eigenvalue weighted by Gasteiger charge is -2.23. The minimum Gasteiger partial charge on any atom is -0.480 e. The molecule has 5 heteroatoms. The summed E-state index contributed by atoms with van der Waals surface area (Å²) in [6.45, 7) is 1.37. The van der Waals surface area contributed by atoms with Crippen molar-refractivity contribution >= 4 is 5.97 Å². The summed E-state index contributed by atoms with van der Waals surface area (Å²) in [6, 6.07) is 6.14. The van der Waals surface area contributed by atoms with Gasteiger partial charge in [0.2, 0.25) is 0 Å². The zero-order valence-electron chi connectivity index (χ0n) is 10.3. The van der Waals surface area contributed by atoms with Crippen LogP contribution in [0.2, 0.25) is 0 Å². The van der Waals surface area contributed by atoms with E-state index in [4.69, 9.17) is 5.11 Å². The molecule has 1 fully saturated rings. The summed E-state index contributed by atoms with van der Waals surface area (Å²) in [6.07, 6.45) is 0.604. The minimum absolute atomic E-state index is 0.205. The third-order valence-corrected chi connectivity index (χ3v) is 3.37. The molecule has 1 aliphatic rings. The van der Waals surface area contributed by atoms with Gasteiger partial charge in [-0.05, 0) is 31.2 Å². The predicted molar refractivity (Wildman–Crippen MR) is 65.7 cm³/mol. The van der Waals surface area contributed by atoms with Crippen LogP contribution in [-0.2, 0) is 11.3 Å². The fourth-order valence-corrected chi connectivity index (χ4v) is 2.25. The summed E-state index contributed by atoms with van der Waals surface area (Å²) in [5, 5.41) is 11.9. The van der Waals surface area contributed by atoms with Gasteiger partial charge in [0.05, 0.1) is 0 Å². The fraction of sp³-hybridized carbons (Fsp3) is 0.462. The SMILES string of the molecule is CN(Cc1ccc(F)cc1)[C@@H]1CN[C@H](C(=O)O)C1. The van der Waals surface area contributed by atoms with Gasteiger partial charge < -0.3 is 10.4 Å². The molecule has 98 valence electrons. The summed E-state index contributed by atoms with van der Waals surface area (Å²) in [5.74, 6) is -1.04. The summed E-state index contributed by atoms with van der Waals surface area (Å²) >= 11 is 0. The normalized spacial score (nSPS) is 23.5. The Balaban J connectivity index is 1.91. The second-order valence-corrected chi connectivity index (χ2v) is 4.73. The number of rotatable bonds is 4. The number of carbonyl (C=O) groups is 1. The predicted octanol–water partition coefficient (Wildman–Crippen LogP) is 1.07. The molecule has 2 atom stereocenters. The van der Waals surface area contributed by atoms with Gasteiger partial charge in [-0.25, -0.2) is 4.39 Å². The molecule has 2 N–H and O–H groups in total. The van der Waals surface area contributed by atoms with Gasteiger partial charge in [-0.1, -0.05) is 12.1 Å². The van der Waals surface area contributed by atoms with Crippen LogP contribution in [0.1, 0.15) is 12.0 Å². The highest BCUT2D eigenvalue weighted by Gasteiger charge is 2.31. The Labute approximate surface area is 105 Å². The van der Waals surface area contributed by atoms with Crippen molar-refractivity contribution in [1.29, 1.82) is 0 Å². The number of nitrogens with zero attached hydrogens (tertiary/aromatic N) is 1. The average Bonchev–Trinajstić information content (AvgIpc) is 2.81. The molecular weight excluding hydrogens is 235 g/mol. The highest BCUT2D eigenvalue weighted by atomic mass is 19.1. The van der Waals surface area contributed by atoms with Gasteiger partial charge >= 0.3 is 5.97 Å². The van der Waals surface area contributed by atoms with Crippen LogP contribution in [0.15, 0.2) is 24.3 Å². The topological polar surface area (TPSA) is 52.6 Å². The molecule has 1 aliphatic heterocycles. The maximum absolute atomic E-state index is 12.8. The van der Waals surface area contributed by atoms with Crippen LogP contribution in [0.25, 0.3) is 0 Å². The van der Waals surface area contributed by atoms with Crippen LogP contribution in [0.5, 0.6) is 0 Å². The van der Waals surface area contributed by atoms with Crippen molar-refractivity contribution in [1.82, 2.24) is 10.2 Å². The smallest absolute Gasteiger partial charge is 0.320 e. The van der Waals surface area contributed by atoms with E-state index in [1.165, 1.54) is 12.1 Å². The van der Waals surface area contributed by atoms with Crippen LogP contribution < -0.4 is 5.32 Å². The lowest BCUT2D eigenvalue weighted by Crippen LogP contribution is -2.32. The van der Waals surface area contributed by atoms with Crippen molar-refractivity contribution in [2.24, 2.45) is 0 Å². The standard InChI is InChI=1S/C13H17FN2O2/c1-16(8-9-2-4-10(14)5-3-9)11-6-12(13(17)18)15-7-11/h2-5,11-12,15H,6-8H2,1H3,(H,17,18)/t11-,12-/m0/s1. The number of halogens is 1. The maximum Gasteiger partial charge on any atom is 0.320 e. The van der Waals surface area contributed by atoms with Crippen molar-refractivity contribution in [2.75, 3.05) is 13.6 Å². The third-order valence-electron chi connectivity index (χ3n) is 3.37. The van der Waals surface area contributed by atoms with Crippen LogP contribution >= 0.6 is 0 Å². The average molecular weight is 252 g/mol. The highest BCUT2D eigenvalue weighted by Crippen LogP contribution is 2.15. The van der Waals surface area contributed by atoms with E-state index >= 15 is 0 Å². The number of aliphatic carboxylic acids is 1. The minimum atomic E-state index is -0.798. The quantitative estimate of drug-likeness (QED) is 0.841. The van der Waals surface area contributed by atoms with E-state index in [2.05, 4.69) is 10.2 Å². The Morgan fingerprint density at radius 1 is 1.50 bits per heavy atom. The van der Waals surface area contributed by atoms with Crippen LogP contribution in [-0.4, -0.2) is 41.7 Å². The molecule has 0 aromatic heterocycles. The van der Waals surface area contributed by atoms with Gasteiger partial charge in [0.25, 0.3) is 0 Å². The number of nitrogens with one attached hydrogen (secondary N) is 1. The molecule has 0 bridgehead atoms. The lowest BCUT2D eigenvalue weighted by molar-refractivity contribution is -0.139. The molecule has 4 nitrogen and oxygen atoms in total. The summed E-state index contributed by atoms with van der Waals surface area (Å²) in [7, 11) is 1.96. The molecule has 1 heterocycles. The van der Waals surface area contributed by atoms with Crippen molar-refractivity contribution in [2.45, 2.75) is 25.0 Å². The number of carboxylic acids is 1. The first kappa shape index (κ1) is 13.0. The zero-order chi connectivity index (χ0) is 13.1. The van der Waals surface area contributed by atoms with E-state index < -0.39 is 12.0 Å². The number of carboxylic acid groups (broad SMARTS) is 1. The van der Waals surface area contributed by atoms with Gasteiger partial charge in [-0.2, -0.15) is 0 Å². The van der Waals surface area contributed by atoms with Crippen molar-refractivity contribution < 1.29 is 14.3 Å². The summed E-state index contributed by atoms with van der Waals surface area (Å²) in [5.41, 5.74) is 1.03. The van der Waals surface area contributed by atoms with Crippen molar-refractivity contribution in [3.05, 3.63) is 35.6 Å². The van der Waals surface area contributed by atoms with Gasteiger partial charge in [-0.3, -0.25) is 9.69 Å². The first-order valence-electron chi connectivity index (χ1n) is 5.97. The van der Waals surface area contributed by atoms with Gasteiger partial charge in [0.15, 0.2) is 0 Å². The molecule has 0 amide bonds. The molecule has 0 unspecified atom stereocenters. The molecule has 1 aromatic rings. The molecule has 1 aromatic carbocycles. The molecule has 1 saturated heterocycles. The lowest BCUT2D eigenvalue weighted by atomic mass is 10.1. The zero-order valence-corrected chi connectivity index (χ0v) is 10.3. The Morgan fingerprint density at radius 2 is 2.17 bits per heavy atom. The number of likely N-dealkylation sites (N-methyl/N-ethyl adjacent to an activating group) is 1. The first-order chi connectivity index (χ1) is 8.56. The Morgan fingerprint density at radius 3 is 2.72 bits per heavy atom. The monoisotopic (exact) mass is 252 g/mol. The van der Waals surface area contributed by atoms with Crippen LogP contribution in [0, 0.1) is 5.82 Å². The van der Waals surface area contributed by atoms with Crippen molar-refractivity contribution in [3.63, 3.8) is 0 Å². The Hall–Kier alpha value is -1.46. The second kappa shape index (κ2) is 5.46. The molecule has 0 aliphatic carbocycles. The molecule has 0 saturated carbocycles. The Kier molecular flexibility index (Phi) is 3.93. The second-order valence-electron chi connectivity index (χ2n) is 4.73. The maximum atomic E-state index is 12.8. The van der Waals surface area contributed by atoms with Crippen molar-refractivity contribution in [3.8, 4) is 0 Å². The highest BCUT2D eigenvalue weighted by molar-refractivity contribution is 5.73. The largest absolute Gasteiger partial charge is 0.480 e. The molecule has 0 radical (unpaired) electrons. The van der Waals surface area contributed by atoms with Gasteiger partial charge in [-0.15, -0.1) is 0 Å². The van der Waals surface area contributed by atoms with E-state index in [1.807, 2.05) is 7.05 Å². The van der Waals surface area contributed by atoms with E-state index in [0.29, 0.717) is 19.5 Å². The number of hydrogen-bond acceptors (Lipinski definition) is 3. The number of hydrogen-bond donors (Lipinski definition) is 2. The van der Waals surface area contributed by atoms with Gasteiger partial charge in [0, 0.05) is 19.1 Å². The van der Waals surface area contributed by atoms with E-state index in [0.717, 1.165) is 5.56 Å². The van der Waals surface area contributed by atoms with Crippen LogP contribution in [0.4, 0.5) is 4.39 Å². The molecular formula is C13H17FN2O2. The Bertz CT molecular complexity index is 422. The van der Waals surface area contributed by atoms with E-state index in [1.54, 1.807) is 12.1 Å². The van der Waals surface area contributed by atoms with E-state index in [9.17, 15) is 9.18 Å². The summed E-state index contributed by atoms with van der Waals surface area (Å²) < 4.78 is 12.8. The molecule has 18 heavy (non-hydrogen) atoms. The van der Waals surface area contributed by atoms with Gasteiger partial charge in [0.1, 0.15) is 11.9 Å². The number of benzene rings is 1.